The van der Waals surface area contributed by atoms with Gasteiger partial charge in [0, 0.05) is 19.7 Å². The molecular formula is C14H18Cl2N2O2Si. The molecule has 0 unspecified atom stereocenters. The summed E-state index contributed by atoms with van der Waals surface area (Å²) in [6.07, 6.45) is 0. The Morgan fingerprint density at radius 1 is 1.29 bits per heavy atom. The van der Waals surface area contributed by atoms with Crippen LogP contribution in [-0.4, -0.2) is 24.2 Å². The number of ether oxygens (including phenoxy) is 1. The second-order valence-corrected chi connectivity index (χ2v) is 12.5. The summed E-state index contributed by atoms with van der Waals surface area (Å²) in [6.45, 7) is 7.56. The number of fused-ring (bicyclic) bond motifs is 1. The molecule has 0 atom stereocenters. The van der Waals surface area contributed by atoms with Gasteiger partial charge in [-0.2, -0.15) is 0 Å². The van der Waals surface area contributed by atoms with Crippen LogP contribution in [0.15, 0.2) is 23.0 Å². The van der Waals surface area contributed by atoms with Crippen LogP contribution in [0.4, 0.5) is 0 Å². The predicted molar refractivity (Wildman–Crippen MR) is 90.1 cm³/mol. The molecule has 0 amide bonds. The molecule has 0 radical (unpaired) electrons. The first-order chi connectivity index (χ1) is 9.78. The minimum Gasteiger partial charge on any atom is -0.361 e. The molecule has 0 aliphatic carbocycles. The summed E-state index contributed by atoms with van der Waals surface area (Å²) < 4.78 is 6.91. The van der Waals surface area contributed by atoms with E-state index in [1.54, 1.807) is 18.2 Å². The Kier molecular flexibility index (Phi) is 5.09. The molecule has 1 heterocycles. The number of halogens is 2. The molecule has 0 saturated heterocycles. The number of nitrogens with zero attached hydrogens (tertiary/aromatic N) is 2. The van der Waals surface area contributed by atoms with Crippen LogP contribution in [0.2, 0.25) is 36.0 Å². The van der Waals surface area contributed by atoms with Gasteiger partial charge < -0.3 is 4.74 Å². The lowest BCUT2D eigenvalue weighted by molar-refractivity contribution is 0.0846. The van der Waals surface area contributed by atoms with Gasteiger partial charge >= 0.3 is 0 Å². The minimum atomic E-state index is -1.15. The number of benzene rings is 1. The Labute approximate surface area is 134 Å². The Morgan fingerprint density at radius 2 is 2.00 bits per heavy atom. The largest absolute Gasteiger partial charge is 0.361 e. The van der Waals surface area contributed by atoms with E-state index in [4.69, 9.17) is 27.9 Å². The molecule has 2 rings (SSSR count). The zero-order valence-corrected chi connectivity index (χ0v) is 14.8. The van der Waals surface area contributed by atoms with E-state index in [1.165, 1.54) is 4.57 Å². The second-order valence-electron chi connectivity index (χ2n) is 6.12. The molecular weight excluding hydrogens is 327 g/mol. The molecule has 114 valence electrons. The van der Waals surface area contributed by atoms with Crippen LogP contribution in [-0.2, 0) is 11.5 Å². The Balaban J connectivity index is 2.21. The lowest BCUT2D eigenvalue weighted by atomic mass is 10.2. The van der Waals surface area contributed by atoms with Gasteiger partial charge in [-0.1, -0.05) is 31.2 Å². The quantitative estimate of drug-likeness (QED) is 0.467. The minimum absolute atomic E-state index is 0.114. The topological polar surface area (TPSA) is 44.1 Å². The number of hydrogen-bond donors (Lipinski definition) is 0. The first-order valence-electron chi connectivity index (χ1n) is 6.71. The van der Waals surface area contributed by atoms with Crippen LogP contribution < -0.4 is 5.56 Å². The molecule has 0 bridgehead atoms. The molecule has 1 aromatic carbocycles. The molecule has 0 aliphatic heterocycles. The van der Waals surface area contributed by atoms with Crippen molar-refractivity contribution in [2.24, 2.45) is 0 Å². The maximum Gasteiger partial charge on any atom is 0.264 e. The zero-order chi connectivity index (χ0) is 15.6. The Bertz CT molecular complexity index is 710. The third kappa shape index (κ3) is 4.29. The van der Waals surface area contributed by atoms with Crippen LogP contribution in [0.3, 0.4) is 0 Å². The third-order valence-electron chi connectivity index (χ3n) is 3.09. The maximum absolute atomic E-state index is 12.4. The van der Waals surface area contributed by atoms with Gasteiger partial charge in [0.05, 0.1) is 10.9 Å². The van der Waals surface area contributed by atoms with E-state index in [9.17, 15) is 4.79 Å². The highest BCUT2D eigenvalue weighted by molar-refractivity contribution is 6.76. The van der Waals surface area contributed by atoms with E-state index in [2.05, 4.69) is 24.6 Å². The van der Waals surface area contributed by atoms with Crippen LogP contribution in [0.25, 0.3) is 10.9 Å². The summed E-state index contributed by atoms with van der Waals surface area (Å²) in [7, 11) is -1.15. The van der Waals surface area contributed by atoms with Crippen molar-refractivity contribution in [3.05, 3.63) is 38.9 Å². The summed E-state index contributed by atoms with van der Waals surface area (Å²) >= 11 is 12.0. The number of hydrogen-bond acceptors (Lipinski definition) is 3. The van der Waals surface area contributed by atoms with Crippen LogP contribution in [0.1, 0.15) is 0 Å². The molecule has 0 saturated carbocycles. The number of aromatic nitrogens is 2. The Hall–Kier alpha value is -0.883. The van der Waals surface area contributed by atoms with Gasteiger partial charge in [-0.05, 0) is 35.8 Å². The fourth-order valence-electron chi connectivity index (χ4n) is 1.81. The summed E-state index contributed by atoms with van der Waals surface area (Å²) in [6, 6.07) is 5.98. The Morgan fingerprint density at radius 3 is 2.67 bits per heavy atom. The van der Waals surface area contributed by atoms with Crippen molar-refractivity contribution < 1.29 is 4.74 Å². The van der Waals surface area contributed by atoms with E-state index in [-0.39, 0.29) is 17.6 Å². The molecule has 0 spiro atoms. The second kappa shape index (κ2) is 6.48. The smallest absolute Gasteiger partial charge is 0.264 e. The highest BCUT2D eigenvalue weighted by Gasteiger charge is 2.13. The first-order valence-corrected chi connectivity index (χ1v) is 11.2. The summed E-state index contributed by atoms with van der Waals surface area (Å²) in [5.41, 5.74) is 0.283. The van der Waals surface area contributed by atoms with Crippen LogP contribution >= 0.6 is 23.2 Å². The van der Waals surface area contributed by atoms with E-state index >= 15 is 0 Å². The molecule has 4 nitrogen and oxygen atoms in total. The van der Waals surface area contributed by atoms with Gasteiger partial charge in [-0.25, -0.2) is 4.98 Å². The van der Waals surface area contributed by atoms with Crippen molar-refractivity contribution in [2.75, 3.05) is 6.61 Å². The van der Waals surface area contributed by atoms with E-state index in [1.807, 2.05) is 0 Å². The number of rotatable bonds is 5. The van der Waals surface area contributed by atoms with Crippen molar-refractivity contribution in [1.29, 1.82) is 0 Å². The zero-order valence-electron chi connectivity index (χ0n) is 12.3. The lowest BCUT2D eigenvalue weighted by Gasteiger charge is -2.16. The molecule has 0 N–H and O–H groups in total. The van der Waals surface area contributed by atoms with Crippen molar-refractivity contribution >= 4 is 42.2 Å². The predicted octanol–water partition coefficient (Wildman–Crippen LogP) is 4.02. The molecule has 2 aromatic rings. The van der Waals surface area contributed by atoms with Gasteiger partial charge in [0.2, 0.25) is 5.28 Å². The summed E-state index contributed by atoms with van der Waals surface area (Å²) in [4.78, 5) is 16.6. The van der Waals surface area contributed by atoms with Gasteiger partial charge in [-0.3, -0.25) is 9.36 Å². The highest BCUT2D eigenvalue weighted by Crippen LogP contribution is 2.17. The highest BCUT2D eigenvalue weighted by atomic mass is 35.5. The fourth-order valence-corrected chi connectivity index (χ4v) is 2.95. The SMILES string of the molecule is C[Si](C)(C)CCOCn1c(Cl)nc2cc(Cl)ccc2c1=O. The van der Waals surface area contributed by atoms with Crippen molar-refractivity contribution in [2.45, 2.75) is 32.4 Å². The normalized spacial score (nSPS) is 12.0. The van der Waals surface area contributed by atoms with Crippen molar-refractivity contribution in [3.8, 4) is 0 Å². The standard InChI is InChI=1S/C14H18Cl2N2O2Si/c1-21(2,3)7-6-20-9-18-13(19)11-5-4-10(15)8-12(11)17-14(18)16/h4-5,8H,6-7,9H2,1-3H3. The molecule has 0 fully saturated rings. The molecule has 21 heavy (non-hydrogen) atoms. The van der Waals surface area contributed by atoms with Crippen LogP contribution in [0.5, 0.6) is 0 Å². The maximum atomic E-state index is 12.4. The molecule has 0 aliphatic rings. The van der Waals surface area contributed by atoms with Crippen molar-refractivity contribution in [1.82, 2.24) is 9.55 Å². The van der Waals surface area contributed by atoms with E-state index in [0.717, 1.165) is 6.04 Å². The third-order valence-corrected chi connectivity index (χ3v) is 5.32. The van der Waals surface area contributed by atoms with E-state index < -0.39 is 8.07 Å². The lowest BCUT2D eigenvalue weighted by Crippen LogP contribution is -2.26. The van der Waals surface area contributed by atoms with Crippen molar-refractivity contribution in [3.63, 3.8) is 0 Å². The summed E-state index contributed by atoms with van der Waals surface area (Å²) in [5, 5.41) is 1.12. The first kappa shape index (κ1) is 16.5. The fraction of sp³-hybridized carbons (Fsp3) is 0.429. The average Bonchev–Trinajstić information content (AvgIpc) is 2.35. The molecule has 1 aromatic heterocycles. The average molecular weight is 345 g/mol. The van der Waals surface area contributed by atoms with Gasteiger partial charge in [0.15, 0.2) is 0 Å². The molecule has 7 heteroatoms. The summed E-state index contributed by atoms with van der Waals surface area (Å²) in [5.74, 6) is 0. The van der Waals surface area contributed by atoms with Gasteiger partial charge in [0.1, 0.15) is 6.73 Å². The van der Waals surface area contributed by atoms with Gasteiger partial charge in [0.25, 0.3) is 5.56 Å². The van der Waals surface area contributed by atoms with Crippen LogP contribution in [0, 0.1) is 0 Å². The monoisotopic (exact) mass is 344 g/mol. The van der Waals surface area contributed by atoms with E-state index in [0.29, 0.717) is 22.5 Å². The van der Waals surface area contributed by atoms with Gasteiger partial charge in [-0.15, -0.1) is 0 Å².